The van der Waals surface area contributed by atoms with Gasteiger partial charge in [-0.1, -0.05) is 67.2 Å². The molecule has 1 amide bonds. The fraction of sp³-hybridized carbons (Fsp3) is 0.308. The minimum Gasteiger partial charge on any atom is -0.325 e. The fourth-order valence-corrected chi connectivity index (χ4v) is 4.80. The molecule has 2 aromatic carbocycles. The van der Waals surface area contributed by atoms with E-state index in [1.165, 1.54) is 11.8 Å². The van der Waals surface area contributed by atoms with Crippen molar-refractivity contribution in [2.45, 2.75) is 51.9 Å². The highest BCUT2D eigenvalue weighted by Gasteiger charge is 2.19. The lowest BCUT2D eigenvalue weighted by molar-refractivity contribution is -0.113. The normalized spacial score (nSPS) is 11.1. The Kier molecular flexibility index (Phi) is 7.47. The number of rotatable bonds is 9. The van der Waals surface area contributed by atoms with E-state index in [-0.39, 0.29) is 17.2 Å². The Morgan fingerprint density at radius 3 is 2.53 bits per heavy atom. The van der Waals surface area contributed by atoms with E-state index in [4.69, 9.17) is 4.98 Å². The number of nitrogens with one attached hydrogen (secondary N) is 1. The van der Waals surface area contributed by atoms with Gasteiger partial charge in [-0.15, -0.1) is 0 Å². The summed E-state index contributed by atoms with van der Waals surface area (Å²) in [6.45, 7) is 6.94. The zero-order valence-corrected chi connectivity index (χ0v) is 20.6. The van der Waals surface area contributed by atoms with Crippen LogP contribution in [-0.4, -0.2) is 31.0 Å². The SMILES string of the molecule is CCc1ccccc1NC(=O)CSc1nc2c(C)nn(CC)c2c(=O)n1CCc1ccccc1. The standard InChI is InChI=1S/C26H29N5O2S/c1-4-20-13-9-10-14-21(20)27-22(32)17-34-26-28-23-18(3)29-31(5-2)24(23)25(33)30(26)16-15-19-11-7-6-8-12-19/h6-14H,4-5,15-17H2,1-3H3,(H,27,32). The van der Waals surface area contributed by atoms with Gasteiger partial charge in [-0.05, 0) is 43.9 Å². The van der Waals surface area contributed by atoms with Crippen molar-refractivity contribution in [3.63, 3.8) is 0 Å². The summed E-state index contributed by atoms with van der Waals surface area (Å²) in [5.41, 5.74) is 4.75. The third-order valence-corrected chi connectivity index (χ3v) is 6.73. The number of aromatic nitrogens is 4. The lowest BCUT2D eigenvalue weighted by atomic mass is 10.1. The predicted octanol–water partition coefficient (Wildman–Crippen LogP) is 4.46. The lowest BCUT2D eigenvalue weighted by Gasteiger charge is -2.13. The first-order valence-electron chi connectivity index (χ1n) is 11.5. The summed E-state index contributed by atoms with van der Waals surface area (Å²) in [6, 6.07) is 17.8. The highest BCUT2D eigenvalue weighted by molar-refractivity contribution is 7.99. The highest BCUT2D eigenvalue weighted by Crippen LogP contribution is 2.22. The number of para-hydroxylation sites is 1. The zero-order chi connectivity index (χ0) is 24.1. The molecule has 0 unspecified atom stereocenters. The molecule has 0 atom stereocenters. The first-order valence-corrected chi connectivity index (χ1v) is 12.5. The summed E-state index contributed by atoms with van der Waals surface area (Å²) in [5, 5.41) is 8.02. The maximum atomic E-state index is 13.5. The molecule has 2 aromatic heterocycles. The highest BCUT2D eigenvalue weighted by atomic mass is 32.2. The van der Waals surface area contributed by atoms with Crippen LogP contribution in [0, 0.1) is 6.92 Å². The third kappa shape index (κ3) is 5.07. The Hall–Kier alpha value is -3.39. The van der Waals surface area contributed by atoms with E-state index in [2.05, 4.69) is 17.3 Å². The van der Waals surface area contributed by atoms with E-state index in [0.717, 1.165) is 23.2 Å². The summed E-state index contributed by atoms with van der Waals surface area (Å²) < 4.78 is 3.39. The van der Waals surface area contributed by atoms with Crippen LogP contribution in [0.4, 0.5) is 5.69 Å². The van der Waals surface area contributed by atoms with Crippen molar-refractivity contribution < 1.29 is 4.79 Å². The number of amides is 1. The van der Waals surface area contributed by atoms with Crippen LogP contribution in [0.15, 0.2) is 64.5 Å². The molecule has 0 fully saturated rings. The molecule has 8 heteroatoms. The number of benzene rings is 2. The van der Waals surface area contributed by atoms with E-state index in [1.54, 1.807) is 9.25 Å². The third-order valence-electron chi connectivity index (χ3n) is 5.75. The number of anilines is 1. The van der Waals surface area contributed by atoms with Gasteiger partial charge in [-0.2, -0.15) is 5.10 Å². The van der Waals surface area contributed by atoms with Crippen molar-refractivity contribution in [3.8, 4) is 0 Å². The Balaban J connectivity index is 1.62. The Morgan fingerprint density at radius 1 is 1.06 bits per heavy atom. The number of carbonyl (C=O) groups is 1. The van der Waals surface area contributed by atoms with Crippen LogP contribution in [-0.2, 0) is 30.7 Å². The second-order valence-electron chi connectivity index (χ2n) is 8.03. The predicted molar refractivity (Wildman–Crippen MR) is 138 cm³/mol. The second-order valence-corrected chi connectivity index (χ2v) is 8.98. The van der Waals surface area contributed by atoms with Gasteiger partial charge in [0.05, 0.1) is 11.4 Å². The number of hydrogen-bond donors (Lipinski definition) is 1. The fourth-order valence-electron chi connectivity index (χ4n) is 3.98. The first-order chi connectivity index (χ1) is 16.5. The summed E-state index contributed by atoms with van der Waals surface area (Å²) in [4.78, 5) is 31.1. The molecular formula is C26H29N5O2S. The Morgan fingerprint density at radius 2 is 1.79 bits per heavy atom. The van der Waals surface area contributed by atoms with Gasteiger partial charge in [0, 0.05) is 18.8 Å². The molecule has 2 heterocycles. The van der Waals surface area contributed by atoms with Gasteiger partial charge in [-0.3, -0.25) is 18.8 Å². The van der Waals surface area contributed by atoms with Gasteiger partial charge in [0.1, 0.15) is 5.52 Å². The minimum absolute atomic E-state index is 0.123. The number of fused-ring (bicyclic) bond motifs is 1. The molecule has 0 bridgehead atoms. The summed E-state index contributed by atoms with van der Waals surface area (Å²) in [5.74, 6) is 0.0262. The minimum atomic E-state index is -0.129. The number of carbonyl (C=O) groups excluding carboxylic acids is 1. The molecule has 0 saturated heterocycles. The van der Waals surface area contributed by atoms with Crippen LogP contribution in [0.5, 0.6) is 0 Å². The molecule has 176 valence electrons. The number of nitrogens with zero attached hydrogens (tertiary/aromatic N) is 4. The average Bonchev–Trinajstić information content (AvgIpc) is 3.18. The van der Waals surface area contributed by atoms with Crippen molar-refractivity contribution in [3.05, 3.63) is 81.8 Å². The van der Waals surface area contributed by atoms with Crippen molar-refractivity contribution in [1.82, 2.24) is 19.3 Å². The smallest absolute Gasteiger partial charge is 0.280 e. The first kappa shape index (κ1) is 23.8. The van der Waals surface area contributed by atoms with Crippen molar-refractivity contribution in [2.24, 2.45) is 0 Å². The van der Waals surface area contributed by atoms with Gasteiger partial charge in [0.25, 0.3) is 5.56 Å². The molecule has 0 aliphatic rings. The van der Waals surface area contributed by atoms with Crippen LogP contribution in [0.25, 0.3) is 11.0 Å². The monoisotopic (exact) mass is 475 g/mol. The lowest BCUT2D eigenvalue weighted by Crippen LogP contribution is -2.26. The van der Waals surface area contributed by atoms with Gasteiger partial charge in [-0.25, -0.2) is 4.98 Å². The summed E-state index contributed by atoms with van der Waals surface area (Å²) in [6.07, 6.45) is 1.53. The van der Waals surface area contributed by atoms with Crippen molar-refractivity contribution >= 4 is 34.4 Å². The Labute approximate surface area is 203 Å². The molecule has 7 nitrogen and oxygen atoms in total. The molecule has 0 aliphatic carbocycles. The van der Waals surface area contributed by atoms with Gasteiger partial charge in [0.15, 0.2) is 10.7 Å². The number of hydrogen-bond acceptors (Lipinski definition) is 5. The van der Waals surface area contributed by atoms with Crippen LogP contribution in [0.2, 0.25) is 0 Å². The van der Waals surface area contributed by atoms with Crippen LogP contribution >= 0.6 is 11.8 Å². The maximum absolute atomic E-state index is 13.5. The summed E-state index contributed by atoms with van der Waals surface area (Å²) >= 11 is 1.28. The largest absolute Gasteiger partial charge is 0.325 e. The molecule has 0 aliphatic heterocycles. The van der Waals surface area contributed by atoms with E-state index in [9.17, 15) is 9.59 Å². The average molecular weight is 476 g/mol. The maximum Gasteiger partial charge on any atom is 0.280 e. The Bertz CT molecular complexity index is 1360. The molecule has 0 saturated carbocycles. The molecular weight excluding hydrogens is 446 g/mol. The molecule has 4 aromatic rings. The van der Waals surface area contributed by atoms with Gasteiger partial charge >= 0.3 is 0 Å². The van der Waals surface area contributed by atoms with Crippen LogP contribution in [0.1, 0.15) is 30.7 Å². The van der Waals surface area contributed by atoms with Crippen LogP contribution in [0.3, 0.4) is 0 Å². The van der Waals surface area contributed by atoms with Crippen LogP contribution < -0.4 is 10.9 Å². The molecule has 1 N–H and O–H groups in total. The van der Waals surface area contributed by atoms with Crippen molar-refractivity contribution in [1.29, 1.82) is 0 Å². The molecule has 0 radical (unpaired) electrons. The van der Waals surface area contributed by atoms with E-state index in [1.807, 2.05) is 68.4 Å². The molecule has 0 spiro atoms. The molecule has 34 heavy (non-hydrogen) atoms. The van der Waals surface area contributed by atoms with E-state index in [0.29, 0.717) is 41.4 Å². The number of thioether (sulfide) groups is 1. The second kappa shape index (κ2) is 10.7. The topological polar surface area (TPSA) is 81.8 Å². The quantitative estimate of drug-likeness (QED) is 0.286. The van der Waals surface area contributed by atoms with E-state index < -0.39 is 0 Å². The van der Waals surface area contributed by atoms with Gasteiger partial charge in [0.2, 0.25) is 5.91 Å². The van der Waals surface area contributed by atoms with Crippen molar-refractivity contribution in [2.75, 3.05) is 11.1 Å². The zero-order valence-electron chi connectivity index (χ0n) is 19.7. The number of aryl methyl sites for hydroxylation is 4. The molecule has 4 rings (SSSR count). The van der Waals surface area contributed by atoms with E-state index >= 15 is 0 Å². The summed E-state index contributed by atoms with van der Waals surface area (Å²) in [7, 11) is 0. The van der Waals surface area contributed by atoms with Gasteiger partial charge < -0.3 is 5.32 Å².